The lowest BCUT2D eigenvalue weighted by Crippen LogP contribution is -2.31. The van der Waals surface area contributed by atoms with Gasteiger partial charge in [0.05, 0.1) is 35.7 Å². The number of ketones is 1. The van der Waals surface area contributed by atoms with Crippen molar-refractivity contribution in [3.05, 3.63) is 138 Å². The van der Waals surface area contributed by atoms with Gasteiger partial charge in [-0.1, -0.05) is 72.8 Å². The Labute approximate surface area is 269 Å². The van der Waals surface area contributed by atoms with Crippen LogP contribution < -0.4 is 9.04 Å². The second-order valence-electron chi connectivity index (χ2n) is 10.9. The number of anilines is 1. The molecule has 0 aliphatic heterocycles. The third-order valence-electron chi connectivity index (χ3n) is 7.84. The first kappa shape index (κ1) is 33.2. The van der Waals surface area contributed by atoms with Crippen molar-refractivity contribution in [1.82, 2.24) is 0 Å². The lowest BCUT2D eigenvalue weighted by atomic mass is 9.92. The third kappa shape index (κ3) is 7.47. The van der Waals surface area contributed by atoms with E-state index in [0.29, 0.717) is 11.6 Å². The van der Waals surface area contributed by atoms with Crippen molar-refractivity contribution in [3.8, 4) is 5.75 Å². The summed E-state index contributed by atoms with van der Waals surface area (Å²) in [6.45, 7) is -0.234. The van der Waals surface area contributed by atoms with Crippen LogP contribution in [0.15, 0.2) is 120 Å². The number of ether oxygens (including phenoxy) is 1. The maximum Gasteiger partial charge on any atom is 0.420 e. The smallest absolute Gasteiger partial charge is 0.420 e. The van der Waals surface area contributed by atoms with Gasteiger partial charge in [0.2, 0.25) is 0 Å². The second-order valence-corrected chi connectivity index (χ2v) is 12.8. The van der Waals surface area contributed by atoms with E-state index in [1.807, 2.05) is 24.3 Å². The molecule has 1 N–H and O–H groups in total. The number of sulfonamides is 1. The number of carbonyl (C=O) groups excluding carboxylic acids is 1. The number of halogens is 3. The number of benzene rings is 5. The molecule has 242 valence electrons. The van der Waals surface area contributed by atoms with Gasteiger partial charge >= 0.3 is 12.1 Å². The van der Waals surface area contributed by atoms with E-state index < -0.39 is 50.1 Å². The molecule has 0 fully saturated rings. The lowest BCUT2D eigenvalue weighted by Gasteiger charge is -2.26. The van der Waals surface area contributed by atoms with E-state index in [1.54, 1.807) is 48.5 Å². The molecule has 11 heteroatoms. The molecule has 0 aromatic heterocycles. The molecule has 0 radical (unpaired) electrons. The Bertz CT molecular complexity index is 2010. The standard InChI is InChI=1S/C36H30F3NO6S/c1-46-34-19-18-30(22-32(34)36(37,38)39)47(44,45)40(23-27-12-7-11-25-10-5-6-13-31(25)27)29-16-14-26(15-17-29)33(41)21-28(35(42)43)20-24-8-3-2-4-9-24/h2-19,22,28H,20-21,23H2,1H3,(H,42,43). The molecule has 0 spiro atoms. The molecule has 1 unspecified atom stereocenters. The summed E-state index contributed by atoms with van der Waals surface area (Å²) in [5.41, 5.74) is 0.388. The second kappa shape index (κ2) is 13.7. The largest absolute Gasteiger partial charge is 0.496 e. The molecular formula is C36H30F3NO6S. The lowest BCUT2D eigenvalue weighted by molar-refractivity contribution is -0.141. The molecule has 0 aliphatic rings. The van der Waals surface area contributed by atoms with Crippen LogP contribution in [-0.2, 0) is 34.0 Å². The number of aliphatic carboxylic acids is 1. The first-order valence-corrected chi connectivity index (χ1v) is 16.0. The maximum absolute atomic E-state index is 14.2. The molecule has 0 saturated carbocycles. The van der Waals surface area contributed by atoms with Crippen LogP contribution in [0.5, 0.6) is 5.75 Å². The Morgan fingerprint density at radius 1 is 0.851 bits per heavy atom. The number of hydrogen-bond acceptors (Lipinski definition) is 5. The number of rotatable bonds is 12. The molecule has 7 nitrogen and oxygen atoms in total. The third-order valence-corrected chi connectivity index (χ3v) is 9.61. The summed E-state index contributed by atoms with van der Waals surface area (Å²) >= 11 is 0. The average Bonchev–Trinajstić information content (AvgIpc) is 3.06. The van der Waals surface area contributed by atoms with Gasteiger partial charge < -0.3 is 9.84 Å². The summed E-state index contributed by atoms with van der Waals surface area (Å²) in [5.74, 6) is -3.07. The zero-order valence-electron chi connectivity index (χ0n) is 25.1. The number of carboxylic acid groups (broad SMARTS) is 1. The first-order valence-electron chi connectivity index (χ1n) is 14.5. The molecule has 47 heavy (non-hydrogen) atoms. The predicted molar refractivity (Wildman–Crippen MR) is 172 cm³/mol. The van der Waals surface area contributed by atoms with Crippen LogP contribution in [0.25, 0.3) is 10.8 Å². The maximum atomic E-state index is 14.2. The van der Waals surface area contributed by atoms with Crippen LogP contribution in [0.2, 0.25) is 0 Å². The zero-order valence-corrected chi connectivity index (χ0v) is 26.0. The highest BCUT2D eigenvalue weighted by Gasteiger charge is 2.37. The van der Waals surface area contributed by atoms with Crippen molar-refractivity contribution >= 4 is 38.2 Å². The number of Topliss-reactive ketones (excluding diaryl/α,β-unsaturated/α-hetero) is 1. The highest BCUT2D eigenvalue weighted by molar-refractivity contribution is 7.92. The summed E-state index contributed by atoms with van der Waals surface area (Å²) in [5, 5.41) is 11.4. The fourth-order valence-electron chi connectivity index (χ4n) is 5.40. The SMILES string of the molecule is COc1ccc(S(=O)(=O)N(Cc2cccc3ccccc23)c2ccc(C(=O)CC(Cc3ccccc3)C(=O)O)cc2)cc1C(F)(F)F. The summed E-state index contributed by atoms with van der Waals surface area (Å²) in [6, 6.07) is 29.7. The van der Waals surface area contributed by atoms with Crippen molar-refractivity contribution in [2.45, 2.75) is 30.5 Å². The van der Waals surface area contributed by atoms with E-state index in [9.17, 15) is 36.3 Å². The average molecular weight is 662 g/mol. The van der Waals surface area contributed by atoms with Gasteiger partial charge in [-0.3, -0.25) is 13.9 Å². The summed E-state index contributed by atoms with van der Waals surface area (Å²) in [4.78, 5) is 24.5. The molecule has 0 bridgehead atoms. The number of carboxylic acids is 1. The molecule has 0 aliphatic carbocycles. The fourth-order valence-corrected chi connectivity index (χ4v) is 6.87. The highest BCUT2D eigenvalue weighted by atomic mass is 32.2. The Balaban J connectivity index is 1.52. The molecule has 5 rings (SSSR count). The number of nitrogens with zero attached hydrogens (tertiary/aromatic N) is 1. The van der Waals surface area contributed by atoms with Crippen LogP contribution in [0.4, 0.5) is 18.9 Å². The molecule has 0 saturated heterocycles. The van der Waals surface area contributed by atoms with Crippen molar-refractivity contribution in [2.75, 3.05) is 11.4 Å². The monoisotopic (exact) mass is 661 g/mol. The topological polar surface area (TPSA) is 101 Å². The molecule has 5 aromatic carbocycles. The fraction of sp³-hybridized carbons (Fsp3) is 0.167. The summed E-state index contributed by atoms with van der Waals surface area (Å²) in [6.07, 6.45) is -5.01. The Kier molecular flexibility index (Phi) is 9.67. The van der Waals surface area contributed by atoms with Crippen LogP contribution in [-0.4, -0.2) is 32.4 Å². The minimum absolute atomic E-state index is 0.0953. The highest BCUT2D eigenvalue weighted by Crippen LogP contribution is 2.39. The zero-order chi connectivity index (χ0) is 33.8. The van der Waals surface area contributed by atoms with Gasteiger partial charge in [0.1, 0.15) is 5.75 Å². The van der Waals surface area contributed by atoms with Crippen molar-refractivity contribution in [3.63, 3.8) is 0 Å². The van der Waals surface area contributed by atoms with Crippen molar-refractivity contribution in [1.29, 1.82) is 0 Å². The van der Waals surface area contributed by atoms with Crippen LogP contribution >= 0.6 is 0 Å². The van der Waals surface area contributed by atoms with E-state index in [1.165, 1.54) is 24.3 Å². The summed E-state index contributed by atoms with van der Waals surface area (Å²) in [7, 11) is -3.55. The number of hydrogen-bond donors (Lipinski definition) is 1. The van der Waals surface area contributed by atoms with Gasteiger partial charge in [0.15, 0.2) is 5.78 Å². The van der Waals surface area contributed by atoms with Crippen molar-refractivity contribution in [2.24, 2.45) is 5.92 Å². The molecule has 0 heterocycles. The van der Waals surface area contributed by atoms with E-state index >= 15 is 0 Å². The van der Waals surface area contributed by atoms with E-state index in [-0.39, 0.29) is 30.6 Å². The number of carbonyl (C=O) groups is 2. The van der Waals surface area contributed by atoms with Gasteiger partial charge in [-0.25, -0.2) is 8.42 Å². The Hall–Kier alpha value is -5.16. The number of methoxy groups -OCH3 is 1. The van der Waals surface area contributed by atoms with E-state index in [2.05, 4.69) is 0 Å². The van der Waals surface area contributed by atoms with Gasteiger partial charge in [-0.15, -0.1) is 0 Å². The van der Waals surface area contributed by atoms with Gasteiger partial charge in [-0.05, 0) is 70.8 Å². The molecular weight excluding hydrogens is 631 g/mol. The minimum Gasteiger partial charge on any atom is -0.496 e. The van der Waals surface area contributed by atoms with Crippen LogP contribution in [0.1, 0.15) is 33.5 Å². The quantitative estimate of drug-likeness (QED) is 0.137. The van der Waals surface area contributed by atoms with Crippen LogP contribution in [0.3, 0.4) is 0 Å². The van der Waals surface area contributed by atoms with Gasteiger partial charge in [0.25, 0.3) is 10.0 Å². The number of alkyl halides is 3. The number of fused-ring (bicyclic) bond motifs is 1. The van der Waals surface area contributed by atoms with E-state index in [4.69, 9.17) is 4.74 Å². The Morgan fingerprint density at radius 3 is 2.17 bits per heavy atom. The van der Waals surface area contributed by atoms with Crippen LogP contribution in [0, 0.1) is 5.92 Å². The summed E-state index contributed by atoms with van der Waals surface area (Å²) < 4.78 is 75.8. The Morgan fingerprint density at radius 2 is 1.51 bits per heavy atom. The molecule has 1 atom stereocenters. The minimum atomic E-state index is -4.88. The predicted octanol–water partition coefficient (Wildman–Crippen LogP) is 7.78. The van der Waals surface area contributed by atoms with Gasteiger partial charge in [-0.2, -0.15) is 13.2 Å². The molecule has 0 amide bonds. The van der Waals surface area contributed by atoms with Gasteiger partial charge in [0, 0.05) is 12.0 Å². The normalized spacial score (nSPS) is 12.4. The van der Waals surface area contributed by atoms with Crippen molar-refractivity contribution < 1.29 is 41.0 Å². The van der Waals surface area contributed by atoms with E-state index in [0.717, 1.165) is 39.9 Å². The molecule has 5 aromatic rings. The first-order chi connectivity index (χ1) is 22.4.